The molecule has 9 nitrogen and oxygen atoms in total. The maximum atomic E-state index is 12.7. The van der Waals surface area contributed by atoms with Gasteiger partial charge in [0.1, 0.15) is 5.00 Å². The van der Waals surface area contributed by atoms with Crippen LogP contribution in [-0.2, 0) is 9.53 Å². The number of nitrogens with one attached hydrogen (secondary N) is 1. The molecule has 0 unspecified atom stereocenters. The fraction of sp³-hybridized carbons (Fsp3) is 0.381. The largest absolute Gasteiger partial charge is 0.490 e. The fourth-order valence-corrected chi connectivity index (χ4v) is 3.40. The van der Waals surface area contributed by atoms with Gasteiger partial charge in [0, 0.05) is 0 Å². The van der Waals surface area contributed by atoms with E-state index in [1.807, 2.05) is 6.92 Å². The van der Waals surface area contributed by atoms with E-state index in [2.05, 4.69) is 5.32 Å². The second-order valence-corrected chi connectivity index (χ2v) is 7.08. The fourth-order valence-electron chi connectivity index (χ4n) is 2.60. The first-order valence-electron chi connectivity index (χ1n) is 9.77. The molecular weight excluding hydrogens is 424 g/mol. The van der Waals surface area contributed by atoms with Crippen molar-refractivity contribution < 1.29 is 33.3 Å². The topological polar surface area (TPSA) is 126 Å². The lowest BCUT2D eigenvalue weighted by atomic mass is 10.1. The number of hydrogen-bond donors (Lipinski definition) is 2. The lowest BCUT2D eigenvalue weighted by molar-refractivity contribution is -0.123. The number of amides is 2. The van der Waals surface area contributed by atoms with Crippen LogP contribution in [0.25, 0.3) is 0 Å². The highest BCUT2D eigenvalue weighted by Gasteiger charge is 2.24. The number of benzene rings is 1. The van der Waals surface area contributed by atoms with Crippen molar-refractivity contribution in [2.45, 2.75) is 33.8 Å². The molecule has 0 aliphatic carbocycles. The number of nitrogens with two attached hydrogens (primary N) is 1. The predicted molar refractivity (Wildman–Crippen MR) is 116 cm³/mol. The van der Waals surface area contributed by atoms with Gasteiger partial charge in [-0.2, -0.15) is 0 Å². The summed E-state index contributed by atoms with van der Waals surface area (Å²) in [5.41, 5.74) is 5.60. The van der Waals surface area contributed by atoms with Crippen LogP contribution in [0, 0.1) is 0 Å². The first-order chi connectivity index (χ1) is 14.8. The zero-order valence-electron chi connectivity index (χ0n) is 17.9. The number of carbonyl (C=O) groups is 3. The van der Waals surface area contributed by atoms with E-state index in [1.165, 1.54) is 25.1 Å². The van der Waals surface area contributed by atoms with Gasteiger partial charge in [0.2, 0.25) is 5.75 Å². The Balaban J connectivity index is 2.20. The molecule has 0 saturated carbocycles. The summed E-state index contributed by atoms with van der Waals surface area (Å²) in [6.07, 6.45) is -1.13. The van der Waals surface area contributed by atoms with Crippen LogP contribution in [0.1, 0.15) is 48.4 Å². The molecule has 1 aromatic carbocycles. The highest BCUT2D eigenvalue weighted by Crippen LogP contribution is 2.39. The summed E-state index contributed by atoms with van der Waals surface area (Å²) >= 11 is 1.14. The Labute approximate surface area is 184 Å². The van der Waals surface area contributed by atoms with E-state index in [0.717, 1.165) is 11.3 Å². The van der Waals surface area contributed by atoms with Crippen molar-refractivity contribution in [3.05, 3.63) is 34.7 Å². The molecule has 0 aliphatic rings. The van der Waals surface area contributed by atoms with Crippen LogP contribution in [-0.4, -0.2) is 43.7 Å². The minimum absolute atomic E-state index is 0.143. The highest BCUT2D eigenvalue weighted by molar-refractivity contribution is 7.14. The van der Waals surface area contributed by atoms with Crippen LogP contribution in [0.15, 0.2) is 23.6 Å². The third-order valence-corrected chi connectivity index (χ3v) is 4.80. The average molecular weight is 451 g/mol. The van der Waals surface area contributed by atoms with Crippen LogP contribution >= 0.6 is 11.3 Å². The molecule has 168 valence electrons. The molecule has 0 aliphatic heterocycles. The Morgan fingerprint density at radius 1 is 1.03 bits per heavy atom. The van der Waals surface area contributed by atoms with Crippen molar-refractivity contribution >= 4 is 34.1 Å². The Kier molecular flexibility index (Phi) is 8.68. The van der Waals surface area contributed by atoms with E-state index in [-0.39, 0.29) is 11.1 Å². The maximum Gasteiger partial charge on any atom is 0.339 e. The summed E-state index contributed by atoms with van der Waals surface area (Å²) in [5, 5.41) is 4.46. The standard InChI is InChI=1S/C21H26N2O7S/c1-5-27-15-10-13(11-16(28-6-2)17(15)29-7-3)21(26)30-12(4)19(25)23-20-14(18(22)24)8-9-31-20/h8-12H,5-7H2,1-4H3,(H2,22,24)(H,23,25)/t12-/m0/s1. The van der Waals surface area contributed by atoms with Crippen LogP contribution in [0.5, 0.6) is 17.2 Å². The van der Waals surface area contributed by atoms with Gasteiger partial charge in [-0.25, -0.2) is 4.79 Å². The summed E-state index contributed by atoms with van der Waals surface area (Å²) < 4.78 is 22.1. The Bertz CT molecular complexity index is 915. The Hall–Kier alpha value is -3.27. The SMILES string of the molecule is CCOc1cc(C(=O)O[C@@H](C)C(=O)Nc2sccc2C(N)=O)cc(OCC)c1OCC. The lowest BCUT2D eigenvalue weighted by Crippen LogP contribution is -2.30. The molecule has 2 aromatic rings. The smallest absolute Gasteiger partial charge is 0.339 e. The second-order valence-electron chi connectivity index (χ2n) is 6.17. The van der Waals surface area contributed by atoms with E-state index in [0.29, 0.717) is 42.1 Å². The first-order valence-corrected chi connectivity index (χ1v) is 10.7. The molecule has 1 heterocycles. The second kappa shape index (κ2) is 11.2. The number of thiophene rings is 1. The minimum Gasteiger partial charge on any atom is -0.490 e. The molecule has 0 fully saturated rings. The van der Waals surface area contributed by atoms with Crippen molar-refractivity contribution in [1.29, 1.82) is 0 Å². The van der Waals surface area contributed by atoms with E-state index in [4.69, 9.17) is 24.7 Å². The molecule has 0 spiro atoms. The molecule has 10 heteroatoms. The van der Waals surface area contributed by atoms with Gasteiger partial charge in [0.15, 0.2) is 17.6 Å². The first kappa shape index (κ1) is 24.0. The zero-order valence-corrected chi connectivity index (χ0v) is 18.7. The van der Waals surface area contributed by atoms with E-state index < -0.39 is 23.9 Å². The van der Waals surface area contributed by atoms with Crippen molar-refractivity contribution in [2.75, 3.05) is 25.1 Å². The number of primary amides is 1. The number of esters is 1. The van der Waals surface area contributed by atoms with Gasteiger partial charge in [0.05, 0.1) is 30.9 Å². The maximum absolute atomic E-state index is 12.7. The molecule has 3 N–H and O–H groups in total. The molecule has 0 bridgehead atoms. The van der Waals surface area contributed by atoms with Crippen molar-refractivity contribution in [3.8, 4) is 17.2 Å². The third-order valence-electron chi connectivity index (χ3n) is 3.97. The van der Waals surface area contributed by atoms with Crippen LogP contribution in [0.3, 0.4) is 0 Å². The number of rotatable bonds is 11. The zero-order chi connectivity index (χ0) is 23.0. The van der Waals surface area contributed by atoms with Gasteiger partial charge in [-0.1, -0.05) is 0 Å². The van der Waals surface area contributed by atoms with Gasteiger partial charge in [-0.15, -0.1) is 11.3 Å². The number of anilines is 1. The average Bonchev–Trinajstić information content (AvgIpc) is 3.18. The van der Waals surface area contributed by atoms with Gasteiger partial charge in [0.25, 0.3) is 11.8 Å². The molecule has 0 radical (unpaired) electrons. The normalized spacial score (nSPS) is 11.4. The van der Waals surface area contributed by atoms with Crippen molar-refractivity contribution in [2.24, 2.45) is 5.73 Å². The third kappa shape index (κ3) is 6.11. The highest BCUT2D eigenvalue weighted by atomic mass is 32.1. The van der Waals surface area contributed by atoms with Gasteiger partial charge < -0.3 is 30.0 Å². The molecule has 2 amide bonds. The number of hydrogen-bond acceptors (Lipinski definition) is 8. The van der Waals surface area contributed by atoms with Crippen LogP contribution < -0.4 is 25.3 Å². The van der Waals surface area contributed by atoms with E-state index in [1.54, 1.807) is 19.2 Å². The molecule has 1 atom stereocenters. The quantitative estimate of drug-likeness (QED) is 0.503. The summed E-state index contributed by atoms with van der Waals surface area (Å²) in [6, 6.07) is 4.46. The van der Waals surface area contributed by atoms with Crippen molar-refractivity contribution in [3.63, 3.8) is 0 Å². The van der Waals surface area contributed by atoms with Gasteiger partial charge in [-0.05, 0) is 51.3 Å². The Morgan fingerprint density at radius 3 is 2.13 bits per heavy atom. The van der Waals surface area contributed by atoms with Crippen molar-refractivity contribution in [1.82, 2.24) is 0 Å². The van der Waals surface area contributed by atoms with E-state index in [9.17, 15) is 14.4 Å². The van der Waals surface area contributed by atoms with Gasteiger partial charge >= 0.3 is 5.97 Å². The monoisotopic (exact) mass is 450 g/mol. The lowest BCUT2D eigenvalue weighted by Gasteiger charge is -2.18. The van der Waals surface area contributed by atoms with Gasteiger partial charge in [-0.3, -0.25) is 9.59 Å². The summed E-state index contributed by atoms with van der Waals surface area (Å²) in [5.74, 6) is -0.936. The van der Waals surface area contributed by atoms with Crippen LogP contribution in [0.4, 0.5) is 5.00 Å². The number of carbonyl (C=O) groups excluding carboxylic acids is 3. The van der Waals surface area contributed by atoms with E-state index >= 15 is 0 Å². The molecule has 31 heavy (non-hydrogen) atoms. The van der Waals surface area contributed by atoms with Crippen LogP contribution in [0.2, 0.25) is 0 Å². The predicted octanol–water partition coefficient (Wildman–Crippen LogP) is 3.23. The molecule has 0 saturated heterocycles. The Morgan fingerprint density at radius 2 is 1.61 bits per heavy atom. The summed E-state index contributed by atoms with van der Waals surface area (Å²) in [4.78, 5) is 36.5. The number of ether oxygens (including phenoxy) is 4. The summed E-state index contributed by atoms with van der Waals surface area (Å²) in [6.45, 7) is 7.95. The molecular formula is C21H26N2O7S. The molecule has 2 rings (SSSR count). The minimum atomic E-state index is -1.13. The molecule has 1 aromatic heterocycles. The summed E-state index contributed by atoms with van der Waals surface area (Å²) in [7, 11) is 0.